The summed E-state index contributed by atoms with van der Waals surface area (Å²) >= 11 is 0. The maximum atomic E-state index is 13.9. The normalized spacial score (nSPS) is 12.3. The van der Waals surface area contributed by atoms with Gasteiger partial charge in [0.15, 0.2) is 5.78 Å². The summed E-state index contributed by atoms with van der Waals surface area (Å²) in [7, 11) is 0. The second kappa shape index (κ2) is 9.51. The van der Waals surface area contributed by atoms with E-state index in [0.717, 1.165) is 71.4 Å². The Balaban J connectivity index is 1.73. The van der Waals surface area contributed by atoms with Gasteiger partial charge in [0.05, 0.1) is 16.6 Å². The Morgan fingerprint density at radius 3 is 2.26 bits per heavy atom. The molecule has 5 heteroatoms. The number of aryl methyl sites for hydroxylation is 1. The van der Waals surface area contributed by atoms with Crippen molar-refractivity contribution in [1.29, 1.82) is 0 Å². The van der Waals surface area contributed by atoms with Gasteiger partial charge in [-0.05, 0) is 55.7 Å². The fraction of sp³-hybridized carbons (Fsp3) is 0.267. The van der Waals surface area contributed by atoms with Gasteiger partial charge in [0.25, 0.3) is 5.56 Å². The van der Waals surface area contributed by atoms with Crippen molar-refractivity contribution in [3.63, 3.8) is 0 Å². The molecule has 1 aliphatic carbocycles. The number of ketones is 1. The highest BCUT2D eigenvalue weighted by molar-refractivity contribution is 6.29. The molecule has 0 bridgehead atoms. The van der Waals surface area contributed by atoms with Gasteiger partial charge in [0, 0.05) is 28.7 Å². The van der Waals surface area contributed by atoms with Gasteiger partial charge in [-0.3, -0.25) is 9.59 Å². The summed E-state index contributed by atoms with van der Waals surface area (Å²) in [4.78, 5) is 32.8. The molecular formula is C30H31N3O2. The van der Waals surface area contributed by atoms with Crippen molar-refractivity contribution in [3.05, 3.63) is 87.7 Å². The molecule has 1 heterocycles. The molecule has 0 saturated heterocycles. The summed E-state index contributed by atoms with van der Waals surface area (Å²) < 4.78 is 0. The summed E-state index contributed by atoms with van der Waals surface area (Å²) in [6, 6.07) is 19.4. The molecule has 0 amide bonds. The van der Waals surface area contributed by atoms with Crippen molar-refractivity contribution < 1.29 is 4.79 Å². The Kier molecular flexibility index (Phi) is 6.27. The molecule has 0 fully saturated rings. The average molecular weight is 466 g/mol. The van der Waals surface area contributed by atoms with Gasteiger partial charge < -0.3 is 15.2 Å². The summed E-state index contributed by atoms with van der Waals surface area (Å²) in [5, 5.41) is 4.39. The largest absolute Gasteiger partial charge is 0.384 e. The van der Waals surface area contributed by atoms with E-state index in [4.69, 9.17) is 0 Å². The Hall–Kier alpha value is -3.70. The molecule has 4 aromatic rings. The Labute approximate surface area is 205 Å². The van der Waals surface area contributed by atoms with E-state index in [1.807, 2.05) is 67.6 Å². The Morgan fingerprint density at radius 2 is 1.54 bits per heavy atom. The second-order valence-electron chi connectivity index (χ2n) is 9.12. The number of fused-ring (bicyclic) bond motifs is 2. The van der Waals surface area contributed by atoms with Crippen molar-refractivity contribution in [1.82, 2.24) is 9.88 Å². The molecule has 0 spiro atoms. The average Bonchev–Trinajstić information content (AvgIpc) is 2.88. The molecule has 0 aliphatic heterocycles. The van der Waals surface area contributed by atoms with Crippen LogP contribution in [0.5, 0.6) is 0 Å². The first-order valence-corrected chi connectivity index (χ1v) is 12.4. The minimum absolute atomic E-state index is 0.00426. The van der Waals surface area contributed by atoms with Gasteiger partial charge in [0.1, 0.15) is 0 Å². The molecule has 3 aromatic carbocycles. The lowest BCUT2D eigenvalue weighted by Crippen LogP contribution is -2.25. The van der Waals surface area contributed by atoms with Crippen LogP contribution < -0.4 is 10.9 Å². The molecule has 0 saturated carbocycles. The molecule has 0 radical (unpaired) electrons. The number of carbonyl (C=O) groups is 1. The predicted molar refractivity (Wildman–Crippen MR) is 145 cm³/mol. The number of nitrogens with one attached hydrogen (secondary N) is 2. The number of aromatic amines is 1. The maximum Gasteiger partial charge on any atom is 0.256 e. The number of pyridine rings is 1. The first-order valence-electron chi connectivity index (χ1n) is 12.4. The number of H-pyrrole nitrogens is 1. The number of carbonyl (C=O) groups excluding carboxylic acids is 1. The number of nitrogens with zero attached hydrogens (tertiary/aromatic N) is 1. The lowest BCUT2D eigenvalue weighted by molar-refractivity contribution is 0.104. The van der Waals surface area contributed by atoms with Crippen molar-refractivity contribution >= 4 is 22.4 Å². The van der Waals surface area contributed by atoms with Crippen molar-refractivity contribution in [2.45, 2.75) is 27.2 Å². The van der Waals surface area contributed by atoms with Crippen molar-refractivity contribution in [2.75, 3.05) is 31.5 Å². The Bertz CT molecular complexity index is 1470. The number of hydrogen-bond donors (Lipinski definition) is 2. The van der Waals surface area contributed by atoms with E-state index >= 15 is 0 Å². The van der Waals surface area contributed by atoms with Crippen LogP contribution >= 0.6 is 0 Å². The molecular weight excluding hydrogens is 434 g/mol. The van der Waals surface area contributed by atoms with Gasteiger partial charge in [0.2, 0.25) is 0 Å². The molecule has 2 N–H and O–H groups in total. The van der Waals surface area contributed by atoms with Gasteiger partial charge in [-0.25, -0.2) is 0 Å². The fourth-order valence-corrected chi connectivity index (χ4v) is 5.27. The topological polar surface area (TPSA) is 65.2 Å². The third kappa shape index (κ3) is 3.96. The second-order valence-corrected chi connectivity index (χ2v) is 9.12. The Morgan fingerprint density at radius 1 is 0.857 bits per heavy atom. The molecule has 0 unspecified atom stereocenters. The smallest absolute Gasteiger partial charge is 0.256 e. The van der Waals surface area contributed by atoms with E-state index in [2.05, 4.69) is 29.0 Å². The van der Waals surface area contributed by atoms with Crippen molar-refractivity contribution in [3.8, 4) is 22.3 Å². The van der Waals surface area contributed by atoms with E-state index in [1.165, 1.54) is 0 Å². The summed E-state index contributed by atoms with van der Waals surface area (Å²) in [5.41, 5.74) is 6.77. The summed E-state index contributed by atoms with van der Waals surface area (Å²) in [6.07, 6.45) is 0.983. The van der Waals surface area contributed by atoms with E-state index in [-0.39, 0.29) is 11.3 Å². The van der Waals surface area contributed by atoms with Crippen LogP contribution in [0.1, 0.15) is 41.8 Å². The van der Waals surface area contributed by atoms with Crippen LogP contribution in [0.2, 0.25) is 0 Å². The molecule has 0 atom stereocenters. The number of hydrogen-bond acceptors (Lipinski definition) is 4. The van der Waals surface area contributed by atoms with Crippen LogP contribution in [0.15, 0.2) is 65.5 Å². The molecule has 1 aliphatic rings. The van der Waals surface area contributed by atoms with Gasteiger partial charge in [-0.15, -0.1) is 0 Å². The number of aromatic nitrogens is 1. The maximum absolute atomic E-state index is 13.9. The van der Waals surface area contributed by atoms with Crippen LogP contribution in [0.25, 0.3) is 33.2 Å². The van der Waals surface area contributed by atoms with Gasteiger partial charge >= 0.3 is 0 Å². The summed E-state index contributed by atoms with van der Waals surface area (Å²) in [6.45, 7) is 10.2. The van der Waals surface area contributed by atoms with Crippen molar-refractivity contribution in [2.24, 2.45) is 0 Å². The zero-order valence-electron chi connectivity index (χ0n) is 20.6. The highest BCUT2D eigenvalue weighted by Gasteiger charge is 2.31. The highest BCUT2D eigenvalue weighted by atomic mass is 16.1. The quantitative estimate of drug-likeness (QED) is 0.282. The van der Waals surface area contributed by atoms with Crippen LogP contribution in [0, 0.1) is 6.92 Å². The zero-order chi connectivity index (χ0) is 24.5. The van der Waals surface area contributed by atoms with E-state index < -0.39 is 0 Å². The zero-order valence-corrected chi connectivity index (χ0v) is 20.6. The molecule has 5 nitrogen and oxygen atoms in total. The van der Waals surface area contributed by atoms with Crippen LogP contribution in [-0.4, -0.2) is 41.8 Å². The third-order valence-corrected chi connectivity index (χ3v) is 7.08. The summed E-state index contributed by atoms with van der Waals surface area (Å²) in [5.74, 6) is -0.00426. The van der Waals surface area contributed by atoms with E-state index in [9.17, 15) is 9.59 Å². The van der Waals surface area contributed by atoms with Gasteiger partial charge in [-0.1, -0.05) is 68.4 Å². The minimum atomic E-state index is -0.142. The minimum Gasteiger partial charge on any atom is -0.384 e. The lowest BCUT2D eigenvalue weighted by Gasteiger charge is -2.26. The lowest BCUT2D eigenvalue weighted by atomic mass is 9.79. The number of benzene rings is 3. The number of anilines is 1. The van der Waals surface area contributed by atoms with E-state index in [1.54, 1.807) is 0 Å². The number of rotatable bonds is 8. The molecule has 35 heavy (non-hydrogen) atoms. The van der Waals surface area contributed by atoms with Crippen LogP contribution in [-0.2, 0) is 0 Å². The standard InChI is InChI=1S/C30H31N3O2/c1-4-33(5-2)17-11-16-31-23-18-19(3)28-27-25(21-14-9-10-15-22(21)29(34)26(23)27)24(30(35)32-28)20-12-7-6-8-13-20/h6-10,12-15,18,31H,4-5,11,16-17H2,1-3H3,(H,32,35). The third-order valence-electron chi connectivity index (χ3n) is 7.08. The van der Waals surface area contributed by atoms with Gasteiger partial charge in [-0.2, -0.15) is 0 Å². The van der Waals surface area contributed by atoms with Crippen LogP contribution in [0.4, 0.5) is 5.69 Å². The predicted octanol–water partition coefficient (Wildman–Crippen LogP) is 5.86. The van der Waals surface area contributed by atoms with E-state index in [0.29, 0.717) is 16.7 Å². The fourth-order valence-electron chi connectivity index (χ4n) is 5.27. The highest BCUT2D eigenvalue weighted by Crippen LogP contribution is 2.45. The molecule has 5 rings (SSSR count). The monoisotopic (exact) mass is 465 g/mol. The van der Waals surface area contributed by atoms with Crippen LogP contribution in [0.3, 0.4) is 0 Å². The first kappa shape index (κ1) is 23.1. The SMILES string of the molecule is CCN(CC)CCCNc1cc(C)c2[nH]c(=O)c(-c3ccccc3)c3c2c1C(=O)c1ccccc1-3. The molecule has 1 aromatic heterocycles. The molecule has 178 valence electrons. The first-order chi connectivity index (χ1) is 17.0.